The van der Waals surface area contributed by atoms with Crippen molar-refractivity contribution in [1.29, 1.82) is 0 Å². The lowest BCUT2D eigenvalue weighted by atomic mass is 10.0. The molecule has 1 aliphatic heterocycles. The second-order valence-electron chi connectivity index (χ2n) is 4.31. The average molecular weight is 255 g/mol. The van der Waals surface area contributed by atoms with E-state index in [1.54, 1.807) is 11.3 Å². The van der Waals surface area contributed by atoms with Gasteiger partial charge in [-0.3, -0.25) is 4.99 Å². The lowest BCUT2D eigenvalue weighted by Crippen LogP contribution is -2.39. The molecule has 1 N–H and O–H groups in total. The Bertz CT molecular complexity index is 400. The van der Waals surface area contributed by atoms with Gasteiger partial charge in [-0.25, -0.2) is 4.98 Å². The number of nitrogens with one attached hydrogen (secondary N) is 1. The highest BCUT2D eigenvalue weighted by molar-refractivity contribution is 8.14. The fourth-order valence-corrected chi connectivity index (χ4v) is 3.37. The molecule has 0 amide bonds. The molecule has 16 heavy (non-hydrogen) atoms. The summed E-state index contributed by atoms with van der Waals surface area (Å²) in [5, 5.41) is 5.65. The Balaban J connectivity index is 1.95. The molecule has 1 aromatic rings. The van der Waals surface area contributed by atoms with Crippen molar-refractivity contribution in [3.8, 4) is 0 Å². The number of aryl methyl sites for hydroxylation is 1. The first-order valence-electron chi connectivity index (χ1n) is 5.48. The molecule has 0 aliphatic carbocycles. The van der Waals surface area contributed by atoms with Crippen LogP contribution in [0.5, 0.6) is 0 Å². The standard InChI is InChI=1S/C11H17N3S2/c1-4-11(3)7-15-10(14-11)13-6-9-12-5-8(2)16-9/h5H,4,6-7H2,1-3H3,(H,13,14). The zero-order chi connectivity index (χ0) is 11.6. The van der Waals surface area contributed by atoms with Crippen LogP contribution in [0.3, 0.4) is 0 Å². The van der Waals surface area contributed by atoms with Gasteiger partial charge < -0.3 is 5.32 Å². The van der Waals surface area contributed by atoms with Crippen LogP contribution in [0.15, 0.2) is 11.2 Å². The quantitative estimate of drug-likeness (QED) is 0.902. The Morgan fingerprint density at radius 2 is 2.44 bits per heavy atom. The summed E-state index contributed by atoms with van der Waals surface area (Å²) in [6.07, 6.45) is 3.04. The van der Waals surface area contributed by atoms with Crippen LogP contribution < -0.4 is 5.32 Å². The van der Waals surface area contributed by atoms with E-state index in [9.17, 15) is 0 Å². The van der Waals surface area contributed by atoms with Crippen LogP contribution in [0, 0.1) is 6.92 Å². The highest BCUT2D eigenvalue weighted by atomic mass is 32.2. The highest BCUT2D eigenvalue weighted by Gasteiger charge is 2.30. The topological polar surface area (TPSA) is 37.3 Å². The van der Waals surface area contributed by atoms with E-state index in [-0.39, 0.29) is 5.54 Å². The van der Waals surface area contributed by atoms with E-state index in [2.05, 4.69) is 36.1 Å². The number of thioether (sulfide) groups is 1. The molecule has 1 fully saturated rings. The molecule has 0 spiro atoms. The normalized spacial score (nSPS) is 27.3. The summed E-state index contributed by atoms with van der Waals surface area (Å²) in [7, 11) is 0. The van der Waals surface area contributed by atoms with Gasteiger partial charge in [0.1, 0.15) is 5.01 Å². The van der Waals surface area contributed by atoms with Crippen LogP contribution >= 0.6 is 23.1 Å². The zero-order valence-electron chi connectivity index (χ0n) is 9.91. The van der Waals surface area contributed by atoms with Gasteiger partial charge in [0.2, 0.25) is 0 Å². The summed E-state index contributed by atoms with van der Waals surface area (Å²) in [6.45, 7) is 7.23. The second-order valence-corrected chi connectivity index (χ2v) is 6.60. The van der Waals surface area contributed by atoms with E-state index in [1.807, 2.05) is 18.0 Å². The Morgan fingerprint density at radius 1 is 1.62 bits per heavy atom. The summed E-state index contributed by atoms with van der Waals surface area (Å²) in [4.78, 5) is 10.1. The van der Waals surface area contributed by atoms with E-state index in [4.69, 9.17) is 0 Å². The van der Waals surface area contributed by atoms with Crippen molar-refractivity contribution in [3.05, 3.63) is 16.1 Å². The Hall–Kier alpha value is -0.550. The average Bonchev–Trinajstić information content (AvgIpc) is 2.83. The fraction of sp³-hybridized carbons (Fsp3) is 0.636. The van der Waals surface area contributed by atoms with E-state index < -0.39 is 0 Å². The number of nitrogens with zero attached hydrogens (tertiary/aromatic N) is 2. The van der Waals surface area contributed by atoms with Crippen molar-refractivity contribution in [3.63, 3.8) is 0 Å². The SMILES string of the molecule is CCC1(C)CSC(=NCc2ncc(C)s2)N1. The van der Waals surface area contributed by atoms with Crippen LogP contribution in [0.25, 0.3) is 0 Å². The summed E-state index contributed by atoms with van der Waals surface area (Å²) in [6, 6.07) is 0. The molecular formula is C11H17N3S2. The third-order valence-corrected chi connectivity index (χ3v) is 4.93. The minimum absolute atomic E-state index is 0.224. The number of thiazole rings is 1. The largest absolute Gasteiger partial charge is 0.359 e. The third kappa shape index (κ3) is 2.77. The maximum atomic E-state index is 4.57. The molecule has 0 saturated carbocycles. The van der Waals surface area contributed by atoms with Crippen LogP contribution in [0.2, 0.25) is 0 Å². The van der Waals surface area contributed by atoms with Gasteiger partial charge in [-0.2, -0.15) is 0 Å². The Kier molecular flexibility index (Phi) is 3.54. The van der Waals surface area contributed by atoms with E-state index in [0.29, 0.717) is 6.54 Å². The predicted octanol–water partition coefficient (Wildman–Crippen LogP) is 2.81. The van der Waals surface area contributed by atoms with E-state index in [0.717, 1.165) is 22.3 Å². The van der Waals surface area contributed by atoms with Gasteiger partial charge in [0.15, 0.2) is 5.17 Å². The van der Waals surface area contributed by atoms with Crippen molar-refractivity contribution < 1.29 is 0 Å². The molecule has 5 heteroatoms. The third-order valence-electron chi connectivity index (χ3n) is 2.74. The van der Waals surface area contributed by atoms with E-state index in [1.165, 1.54) is 4.88 Å². The molecule has 2 rings (SSSR count). The van der Waals surface area contributed by atoms with Crippen LogP contribution in [-0.4, -0.2) is 21.4 Å². The van der Waals surface area contributed by atoms with Gasteiger partial charge in [-0.05, 0) is 20.3 Å². The maximum Gasteiger partial charge on any atom is 0.157 e. The van der Waals surface area contributed by atoms with Gasteiger partial charge in [0, 0.05) is 22.4 Å². The second kappa shape index (κ2) is 4.75. The smallest absolute Gasteiger partial charge is 0.157 e. The van der Waals surface area contributed by atoms with Crippen LogP contribution in [0.4, 0.5) is 0 Å². The Labute approximate surface area is 105 Å². The molecule has 0 aromatic carbocycles. The lowest BCUT2D eigenvalue weighted by Gasteiger charge is -2.20. The minimum Gasteiger partial charge on any atom is -0.359 e. The number of amidine groups is 1. The molecule has 1 aromatic heterocycles. The molecule has 1 atom stereocenters. The van der Waals surface area contributed by atoms with Crippen molar-refractivity contribution in [2.75, 3.05) is 5.75 Å². The van der Waals surface area contributed by atoms with Crippen molar-refractivity contribution in [2.45, 2.75) is 39.3 Å². The lowest BCUT2D eigenvalue weighted by molar-refractivity contribution is 0.466. The van der Waals surface area contributed by atoms with E-state index >= 15 is 0 Å². The molecule has 0 radical (unpaired) electrons. The summed E-state index contributed by atoms with van der Waals surface area (Å²) >= 11 is 3.54. The molecule has 3 nitrogen and oxygen atoms in total. The molecular weight excluding hydrogens is 238 g/mol. The summed E-state index contributed by atoms with van der Waals surface area (Å²) in [5.74, 6) is 1.11. The maximum absolute atomic E-state index is 4.57. The number of aromatic nitrogens is 1. The first kappa shape index (κ1) is 11.9. The van der Waals surface area contributed by atoms with Crippen molar-refractivity contribution in [1.82, 2.24) is 10.3 Å². The van der Waals surface area contributed by atoms with Gasteiger partial charge in [-0.1, -0.05) is 18.7 Å². The summed E-state index contributed by atoms with van der Waals surface area (Å²) in [5.41, 5.74) is 0.224. The molecule has 2 heterocycles. The molecule has 0 bridgehead atoms. The molecule has 88 valence electrons. The number of rotatable bonds is 3. The predicted molar refractivity (Wildman–Crippen MR) is 72.3 cm³/mol. The Morgan fingerprint density at radius 3 is 3.00 bits per heavy atom. The first-order chi connectivity index (χ1) is 7.61. The molecule has 1 unspecified atom stereocenters. The molecule has 1 aliphatic rings. The van der Waals surface area contributed by atoms with Gasteiger partial charge in [0.05, 0.1) is 6.54 Å². The number of hydrogen-bond donors (Lipinski definition) is 1. The number of hydrogen-bond acceptors (Lipinski definition) is 4. The zero-order valence-corrected chi connectivity index (χ0v) is 11.5. The van der Waals surface area contributed by atoms with Crippen LogP contribution in [0.1, 0.15) is 30.2 Å². The van der Waals surface area contributed by atoms with Crippen molar-refractivity contribution >= 4 is 28.3 Å². The monoisotopic (exact) mass is 255 g/mol. The van der Waals surface area contributed by atoms with Gasteiger partial charge in [-0.15, -0.1) is 11.3 Å². The van der Waals surface area contributed by atoms with Crippen molar-refractivity contribution in [2.24, 2.45) is 4.99 Å². The van der Waals surface area contributed by atoms with Gasteiger partial charge in [0.25, 0.3) is 0 Å². The van der Waals surface area contributed by atoms with Gasteiger partial charge >= 0.3 is 0 Å². The van der Waals surface area contributed by atoms with Crippen LogP contribution in [-0.2, 0) is 6.54 Å². The fourth-order valence-electron chi connectivity index (χ4n) is 1.45. The highest BCUT2D eigenvalue weighted by Crippen LogP contribution is 2.25. The summed E-state index contributed by atoms with van der Waals surface area (Å²) < 4.78 is 0. The number of aliphatic imine (C=N–C) groups is 1. The molecule has 1 saturated heterocycles. The first-order valence-corrected chi connectivity index (χ1v) is 7.28. The minimum atomic E-state index is 0.224.